The predicted molar refractivity (Wildman–Crippen MR) is 66.0 cm³/mol. The molecule has 82 valence electrons. The molecule has 4 nitrogen and oxygen atoms in total. The SMILES string of the molecule is CON=CC(=O)Sc1nc2ccccc2s1. The van der Waals surface area contributed by atoms with Crippen LogP contribution in [0.5, 0.6) is 0 Å². The summed E-state index contributed by atoms with van der Waals surface area (Å²) >= 11 is 2.54. The molecule has 0 unspecified atom stereocenters. The van der Waals surface area contributed by atoms with E-state index in [9.17, 15) is 4.79 Å². The number of fused-ring (bicyclic) bond motifs is 1. The Morgan fingerprint density at radius 2 is 2.38 bits per heavy atom. The van der Waals surface area contributed by atoms with E-state index in [1.54, 1.807) is 0 Å². The molecule has 2 aromatic rings. The van der Waals surface area contributed by atoms with Gasteiger partial charge in [0.15, 0.2) is 4.34 Å². The van der Waals surface area contributed by atoms with Gasteiger partial charge in [0.1, 0.15) is 13.3 Å². The van der Waals surface area contributed by atoms with Crippen LogP contribution in [0.25, 0.3) is 10.2 Å². The predicted octanol–water partition coefficient (Wildman–Crippen LogP) is 2.55. The zero-order valence-electron chi connectivity index (χ0n) is 8.41. The molecule has 0 amide bonds. The normalized spacial score (nSPS) is 11.1. The summed E-state index contributed by atoms with van der Waals surface area (Å²) in [6, 6.07) is 7.77. The Balaban J connectivity index is 2.15. The summed E-state index contributed by atoms with van der Waals surface area (Å²) in [5.41, 5.74) is 0.909. The van der Waals surface area contributed by atoms with Crippen LogP contribution >= 0.6 is 23.1 Å². The van der Waals surface area contributed by atoms with E-state index in [4.69, 9.17) is 0 Å². The number of carbonyl (C=O) groups excluding carboxylic acids is 1. The molecule has 0 saturated carbocycles. The molecule has 0 saturated heterocycles. The van der Waals surface area contributed by atoms with E-state index >= 15 is 0 Å². The highest BCUT2D eigenvalue weighted by Crippen LogP contribution is 2.29. The number of hydrogen-bond acceptors (Lipinski definition) is 6. The molecule has 1 aromatic heterocycles. The van der Waals surface area contributed by atoms with Gasteiger partial charge in [0.25, 0.3) is 0 Å². The lowest BCUT2D eigenvalue weighted by Gasteiger charge is -1.87. The maximum Gasteiger partial charge on any atom is 0.240 e. The smallest absolute Gasteiger partial charge is 0.240 e. The summed E-state index contributed by atoms with van der Waals surface area (Å²) in [5.74, 6) is 0. The Labute approximate surface area is 100 Å². The third kappa shape index (κ3) is 2.59. The third-order valence-corrected chi connectivity index (χ3v) is 3.63. The van der Waals surface area contributed by atoms with Crippen molar-refractivity contribution in [2.45, 2.75) is 4.34 Å². The number of para-hydroxylation sites is 1. The van der Waals surface area contributed by atoms with Crippen LogP contribution in [-0.2, 0) is 9.63 Å². The van der Waals surface area contributed by atoms with Gasteiger partial charge in [-0.05, 0) is 23.9 Å². The number of aromatic nitrogens is 1. The summed E-state index contributed by atoms with van der Waals surface area (Å²) in [5, 5.41) is 3.21. The Morgan fingerprint density at radius 1 is 1.56 bits per heavy atom. The molecule has 0 aliphatic carbocycles. The number of rotatable bonds is 3. The van der Waals surface area contributed by atoms with Crippen molar-refractivity contribution in [2.75, 3.05) is 7.11 Å². The monoisotopic (exact) mass is 252 g/mol. The molecular weight excluding hydrogens is 244 g/mol. The molecule has 0 aliphatic rings. The molecule has 2 rings (SSSR count). The van der Waals surface area contributed by atoms with Crippen molar-refractivity contribution >= 4 is 44.6 Å². The Bertz CT molecular complexity index is 503. The van der Waals surface area contributed by atoms with Crippen LogP contribution < -0.4 is 0 Å². The van der Waals surface area contributed by atoms with Crippen LogP contribution in [-0.4, -0.2) is 23.4 Å². The van der Waals surface area contributed by atoms with Gasteiger partial charge in [-0.15, -0.1) is 11.3 Å². The third-order valence-electron chi connectivity index (χ3n) is 1.73. The maximum absolute atomic E-state index is 11.3. The van der Waals surface area contributed by atoms with Gasteiger partial charge in [-0.3, -0.25) is 4.79 Å². The number of thiazole rings is 1. The van der Waals surface area contributed by atoms with Crippen molar-refractivity contribution in [1.29, 1.82) is 0 Å². The molecule has 0 bridgehead atoms. The highest BCUT2D eigenvalue weighted by Gasteiger charge is 2.07. The average Bonchev–Trinajstić information content (AvgIpc) is 2.68. The zero-order valence-corrected chi connectivity index (χ0v) is 10.0. The van der Waals surface area contributed by atoms with Crippen molar-refractivity contribution in [1.82, 2.24) is 4.98 Å². The molecular formula is C10H8N2O2S2. The highest BCUT2D eigenvalue weighted by atomic mass is 32.2. The molecule has 1 aromatic carbocycles. The topological polar surface area (TPSA) is 51.5 Å². The molecule has 6 heteroatoms. The highest BCUT2D eigenvalue weighted by molar-refractivity contribution is 8.16. The van der Waals surface area contributed by atoms with E-state index in [0.29, 0.717) is 4.34 Å². The summed E-state index contributed by atoms with van der Waals surface area (Å²) in [6.45, 7) is 0. The Morgan fingerprint density at radius 3 is 3.12 bits per heavy atom. The largest absolute Gasteiger partial charge is 0.399 e. The lowest BCUT2D eigenvalue weighted by molar-refractivity contribution is -0.105. The molecule has 0 spiro atoms. The van der Waals surface area contributed by atoms with Crippen molar-refractivity contribution in [3.05, 3.63) is 24.3 Å². The fourth-order valence-electron chi connectivity index (χ4n) is 1.10. The van der Waals surface area contributed by atoms with E-state index in [0.717, 1.165) is 28.2 Å². The van der Waals surface area contributed by atoms with Gasteiger partial charge >= 0.3 is 0 Å². The first kappa shape index (κ1) is 11.1. The van der Waals surface area contributed by atoms with Crippen molar-refractivity contribution in [3.63, 3.8) is 0 Å². The first-order valence-electron chi connectivity index (χ1n) is 4.43. The second-order valence-electron chi connectivity index (χ2n) is 2.79. The lowest BCUT2D eigenvalue weighted by atomic mass is 10.3. The number of oxime groups is 1. The van der Waals surface area contributed by atoms with E-state index in [2.05, 4.69) is 15.0 Å². The van der Waals surface area contributed by atoms with Crippen LogP contribution in [0.2, 0.25) is 0 Å². The molecule has 0 aliphatic heterocycles. The van der Waals surface area contributed by atoms with Crippen LogP contribution in [0.4, 0.5) is 0 Å². The molecule has 1 heterocycles. The number of carbonyl (C=O) groups is 1. The van der Waals surface area contributed by atoms with Crippen LogP contribution in [0, 0.1) is 0 Å². The molecule has 0 atom stereocenters. The van der Waals surface area contributed by atoms with E-state index in [1.165, 1.54) is 18.4 Å². The van der Waals surface area contributed by atoms with Gasteiger partial charge in [-0.25, -0.2) is 4.98 Å². The fourth-order valence-corrected chi connectivity index (χ4v) is 2.89. The van der Waals surface area contributed by atoms with Gasteiger partial charge in [-0.1, -0.05) is 17.3 Å². The molecule has 16 heavy (non-hydrogen) atoms. The van der Waals surface area contributed by atoms with E-state index in [-0.39, 0.29) is 5.12 Å². The molecule has 0 N–H and O–H groups in total. The van der Waals surface area contributed by atoms with Gasteiger partial charge in [0, 0.05) is 0 Å². The van der Waals surface area contributed by atoms with Gasteiger partial charge < -0.3 is 4.84 Å². The number of thioether (sulfide) groups is 1. The average molecular weight is 252 g/mol. The Kier molecular flexibility index (Phi) is 3.53. The number of hydrogen-bond donors (Lipinski definition) is 0. The van der Waals surface area contributed by atoms with E-state index < -0.39 is 0 Å². The van der Waals surface area contributed by atoms with Gasteiger partial charge in [0.05, 0.1) is 10.2 Å². The van der Waals surface area contributed by atoms with Crippen LogP contribution in [0.3, 0.4) is 0 Å². The number of benzene rings is 1. The maximum atomic E-state index is 11.3. The minimum absolute atomic E-state index is 0.194. The lowest BCUT2D eigenvalue weighted by Crippen LogP contribution is -1.91. The van der Waals surface area contributed by atoms with Crippen molar-refractivity contribution in [3.8, 4) is 0 Å². The standard InChI is InChI=1S/C10H8N2O2S2/c1-14-11-6-9(13)16-10-12-7-4-2-3-5-8(7)15-10/h2-6H,1H3. The molecule has 0 radical (unpaired) electrons. The van der Waals surface area contributed by atoms with Crippen LogP contribution in [0.1, 0.15) is 0 Å². The van der Waals surface area contributed by atoms with E-state index in [1.807, 2.05) is 24.3 Å². The summed E-state index contributed by atoms with van der Waals surface area (Å²) in [6.07, 6.45) is 1.14. The summed E-state index contributed by atoms with van der Waals surface area (Å²) < 4.78 is 1.79. The Hall–Kier alpha value is -1.40. The minimum Gasteiger partial charge on any atom is -0.399 e. The summed E-state index contributed by atoms with van der Waals surface area (Å²) in [4.78, 5) is 20.1. The first-order valence-corrected chi connectivity index (χ1v) is 6.07. The fraction of sp³-hybridized carbons (Fsp3) is 0.100. The second-order valence-corrected chi connectivity index (χ2v) is 5.07. The quantitative estimate of drug-likeness (QED) is 0.478. The second kappa shape index (κ2) is 5.09. The van der Waals surface area contributed by atoms with Gasteiger partial charge in [-0.2, -0.15) is 0 Å². The van der Waals surface area contributed by atoms with Crippen LogP contribution in [0.15, 0.2) is 33.8 Å². The first-order chi connectivity index (χ1) is 7.79. The van der Waals surface area contributed by atoms with Gasteiger partial charge in [0.2, 0.25) is 5.12 Å². The zero-order chi connectivity index (χ0) is 11.4. The minimum atomic E-state index is -0.194. The van der Waals surface area contributed by atoms with Crippen molar-refractivity contribution in [2.24, 2.45) is 5.16 Å². The molecule has 0 fully saturated rings. The number of nitrogens with zero attached hydrogens (tertiary/aromatic N) is 2. The van der Waals surface area contributed by atoms with Crippen molar-refractivity contribution < 1.29 is 9.63 Å². The summed E-state index contributed by atoms with van der Waals surface area (Å²) in [7, 11) is 1.39.